The number of aromatic nitrogens is 3. The summed E-state index contributed by atoms with van der Waals surface area (Å²) in [5.41, 5.74) is 9.38. The summed E-state index contributed by atoms with van der Waals surface area (Å²) in [4.78, 5) is 8.65. The van der Waals surface area contributed by atoms with Crippen molar-refractivity contribution in [2.75, 3.05) is 0 Å². The maximum Gasteiger partial charge on any atom is 0.573 e. The SMILES string of the molecule is Cc1cc(C)n(-c2ccc(CN=C(N)NCc3ccc(OC(F)(F)F)cc3)cn2)n1. The van der Waals surface area contributed by atoms with Crippen molar-refractivity contribution in [2.24, 2.45) is 10.7 Å². The van der Waals surface area contributed by atoms with Crippen LogP contribution in [0.3, 0.4) is 0 Å². The quantitative estimate of drug-likeness (QED) is 0.473. The number of benzene rings is 1. The molecule has 0 aliphatic carbocycles. The highest BCUT2D eigenvalue weighted by Gasteiger charge is 2.30. The zero-order valence-corrected chi connectivity index (χ0v) is 16.4. The van der Waals surface area contributed by atoms with E-state index in [1.807, 2.05) is 32.0 Å². The molecule has 1 aromatic carbocycles. The molecule has 3 aromatic rings. The molecule has 0 spiro atoms. The van der Waals surface area contributed by atoms with Crippen molar-refractivity contribution in [1.82, 2.24) is 20.1 Å². The second-order valence-electron chi connectivity index (χ2n) is 6.61. The Labute approximate surface area is 171 Å². The Morgan fingerprint density at radius 3 is 2.40 bits per heavy atom. The molecule has 0 saturated heterocycles. The highest BCUT2D eigenvalue weighted by Crippen LogP contribution is 2.22. The lowest BCUT2D eigenvalue weighted by molar-refractivity contribution is -0.274. The Kier molecular flexibility index (Phi) is 6.24. The zero-order chi connectivity index (χ0) is 21.7. The van der Waals surface area contributed by atoms with E-state index in [4.69, 9.17) is 5.73 Å². The Morgan fingerprint density at radius 2 is 1.83 bits per heavy atom. The molecule has 3 N–H and O–H groups in total. The molecule has 0 aliphatic rings. The number of nitrogens with two attached hydrogens (primary N) is 1. The highest BCUT2D eigenvalue weighted by atomic mass is 19.4. The average Bonchev–Trinajstić information content (AvgIpc) is 3.03. The van der Waals surface area contributed by atoms with Gasteiger partial charge in [0, 0.05) is 18.4 Å². The molecule has 0 atom stereocenters. The van der Waals surface area contributed by atoms with E-state index in [1.165, 1.54) is 24.3 Å². The van der Waals surface area contributed by atoms with Gasteiger partial charge in [0.2, 0.25) is 0 Å². The monoisotopic (exact) mass is 418 g/mol. The summed E-state index contributed by atoms with van der Waals surface area (Å²) in [6.45, 7) is 4.54. The molecule has 10 heteroatoms. The van der Waals surface area contributed by atoms with E-state index >= 15 is 0 Å². The summed E-state index contributed by atoms with van der Waals surface area (Å²) in [6.07, 6.45) is -3.00. The van der Waals surface area contributed by atoms with Crippen molar-refractivity contribution in [3.8, 4) is 11.6 Å². The van der Waals surface area contributed by atoms with Gasteiger partial charge in [-0.2, -0.15) is 5.10 Å². The van der Waals surface area contributed by atoms with Crippen LogP contribution in [0, 0.1) is 13.8 Å². The third kappa shape index (κ3) is 5.97. The first-order valence-electron chi connectivity index (χ1n) is 9.07. The molecule has 0 saturated carbocycles. The fourth-order valence-corrected chi connectivity index (χ4v) is 2.73. The molecule has 0 amide bonds. The number of guanidine groups is 1. The van der Waals surface area contributed by atoms with E-state index in [0.29, 0.717) is 13.1 Å². The van der Waals surface area contributed by atoms with Crippen molar-refractivity contribution in [1.29, 1.82) is 0 Å². The molecular weight excluding hydrogens is 397 g/mol. The first kappa shape index (κ1) is 21.2. The third-order valence-electron chi connectivity index (χ3n) is 4.10. The summed E-state index contributed by atoms with van der Waals surface area (Å²) in [5.74, 6) is 0.662. The van der Waals surface area contributed by atoms with Crippen molar-refractivity contribution in [3.05, 3.63) is 71.2 Å². The van der Waals surface area contributed by atoms with Crippen LogP contribution in [0.2, 0.25) is 0 Å². The minimum atomic E-state index is -4.71. The number of pyridine rings is 1. The number of aliphatic imine (C=N–C) groups is 1. The molecule has 0 unspecified atom stereocenters. The summed E-state index contributed by atoms with van der Waals surface area (Å²) in [6, 6.07) is 11.3. The zero-order valence-electron chi connectivity index (χ0n) is 16.4. The van der Waals surface area contributed by atoms with Gasteiger partial charge in [-0.15, -0.1) is 13.2 Å². The number of aryl methyl sites for hydroxylation is 2. The number of rotatable bonds is 6. The maximum absolute atomic E-state index is 12.2. The number of hydrogen-bond donors (Lipinski definition) is 2. The van der Waals surface area contributed by atoms with Crippen LogP contribution in [-0.4, -0.2) is 27.1 Å². The molecule has 7 nitrogen and oxygen atoms in total. The molecule has 30 heavy (non-hydrogen) atoms. The van der Waals surface area contributed by atoms with Crippen LogP contribution < -0.4 is 15.8 Å². The van der Waals surface area contributed by atoms with Gasteiger partial charge in [0.25, 0.3) is 0 Å². The van der Waals surface area contributed by atoms with Gasteiger partial charge in [0.1, 0.15) is 5.75 Å². The maximum atomic E-state index is 12.2. The molecular formula is C20H21F3N6O. The Bertz CT molecular complexity index is 1010. The molecule has 2 aromatic heterocycles. The first-order valence-corrected chi connectivity index (χ1v) is 9.07. The van der Waals surface area contributed by atoms with Gasteiger partial charge in [-0.1, -0.05) is 18.2 Å². The Balaban J connectivity index is 1.52. The largest absolute Gasteiger partial charge is 0.573 e. The fourth-order valence-electron chi connectivity index (χ4n) is 2.73. The smallest absolute Gasteiger partial charge is 0.406 e. The van der Waals surface area contributed by atoms with E-state index in [9.17, 15) is 13.2 Å². The van der Waals surface area contributed by atoms with Gasteiger partial charge < -0.3 is 15.8 Å². The van der Waals surface area contributed by atoms with Crippen LogP contribution in [0.4, 0.5) is 13.2 Å². The molecule has 0 bridgehead atoms. The van der Waals surface area contributed by atoms with Crippen molar-refractivity contribution < 1.29 is 17.9 Å². The van der Waals surface area contributed by atoms with Crippen LogP contribution >= 0.6 is 0 Å². The number of nitrogens with zero attached hydrogens (tertiary/aromatic N) is 4. The van der Waals surface area contributed by atoms with Crippen LogP contribution in [0.1, 0.15) is 22.5 Å². The van der Waals surface area contributed by atoms with Crippen molar-refractivity contribution in [3.63, 3.8) is 0 Å². The van der Waals surface area contributed by atoms with Gasteiger partial charge in [-0.3, -0.25) is 0 Å². The fraction of sp³-hybridized carbons (Fsp3) is 0.250. The minimum absolute atomic E-state index is 0.216. The summed E-state index contributed by atoms with van der Waals surface area (Å²) >= 11 is 0. The first-order chi connectivity index (χ1) is 14.2. The van der Waals surface area contributed by atoms with Gasteiger partial charge in [-0.25, -0.2) is 14.7 Å². The lowest BCUT2D eigenvalue weighted by Crippen LogP contribution is -2.31. The van der Waals surface area contributed by atoms with Crippen LogP contribution in [0.25, 0.3) is 5.82 Å². The Hall–Kier alpha value is -3.56. The molecule has 0 aliphatic heterocycles. The lowest BCUT2D eigenvalue weighted by atomic mass is 10.2. The second-order valence-corrected chi connectivity index (χ2v) is 6.61. The Morgan fingerprint density at radius 1 is 1.13 bits per heavy atom. The molecule has 0 radical (unpaired) electrons. The molecule has 158 valence electrons. The van der Waals surface area contributed by atoms with Crippen LogP contribution in [0.5, 0.6) is 5.75 Å². The number of nitrogens with one attached hydrogen (secondary N) is 1. The van der Waals surface area contributed by atoms with Crippen LogP contribution in [0.15, 0.2) is 53.7 Å². The van der Waals surface area contributed by atoms with E-state index in [1.54, 1.807) is 10.9 Å². The molecule has 0 fully saturated rings. The molecule has 3 rings (SSSR count). The number of hydrogen-bond acceptors (Lipinski definition) is 4. The number of ether oxygens (including phenoxy) is 1. The summed E-state index contributed by atoms with van der Waals surface area (Å²) in [7, 11) is 0. The van der Waals surface area contributed by atoms with E-state index in [-0.39, 0.29) is 11.7 Å². The normalized spacial score (nSPS) is 12.1. The van der Waals surface area contributed by atoms with E-state index in [0.717, 1.165) is 28.3 Å². The summed E-state index contributed by atoms with van der Waals surface area (Å²) in [5, 5.41) is 7.31. The minimum Gasteiger partial charge on any atom is -0.406 e. The van der Waals surface area contributed by atoms with Gasteiger partial charge in [0.05, 0.1) is 12.2 Å². The predicted octanol–water partition coefficient (Wildman–Crippen LogP) is 3.39. The van der Waals surface area contributed by atoms with Crippen LogP contribution in [-0.2, 0) is 13.1 Å². The van der Waals surface area contributed by atoms with Gasteiger partial charge in [0.15, 0.2) is 11.8 Å². The van der Waals surface area contributed by atoms with Crippen molar-refractivity contribution in [2.45, 2.75) is 33.3 Å². The topological polar surface area (TPSA) is 90.4 Å². The van der Waals surface area contributed by atoms with Gasteiger partial charge in [-0.05, 0) is 49.2 Å². The highest BCUT2D eigenvalue weighted by molar-refractivity contribution is 5.77. The van der Waals surface area contributed by atoms with Gasteiger partial charge >= 0.3 is 6.36 Å². The van der Waals surface area contributed by atoms with E-state index < -0.39 is 6.36 Å². The van der Waals surface area contributed by atoms with E-state index in [2.05, 4.69) is 25.1 Å². The number of halogens is 3. The summed E-state index contributed by atoms with van der Waals surface area (Å²) < 4.78 is 42.1. The average molecular weight is 418 g/mol. The standard InChI is InChI=1S/C20H21F3N6O/c1-13-9-14(2)29(28-13)18-8-5-16(11-25-18)12-27-19(24)26-10-15-3-6-17(7-4-15)30-20(21,22)23/h3-9,11H,10,12H2,1-2H3,(H3,24,26,27). The number of alkyl halides is 3. The lowest BCUT2D eigenvalue weighted by Gasteiger charge is -2.10. The van der Waals surface area contributed by atoms with Crippen molar-refractivity contribution >= 4 is 5.96 Å². The second kappa shape index (κ2) is 8.85. The predicted molar refractivity (Wildman–Crippen MR) is 106 cm³/mol. The third-order valence-corrected chi connectivity index (χ3v) is 4.10. The molecule has 2 heterocycles.